The number of hydrogen-bond donors (Lipinski definition) is 2. The van der Waals surface area contributed by atoms with E-state index in [0.29, 0.717) is 6.04 Å². The average Bonchev–Trinajstić information content (AvgIpc) is 3.03. The van der Waals surface area contributed by atoms with Crippen molar-refractivity contribution in [2.45, 2.75) is 18.9 Å². The summed E-state index contributed by atoms with van der Waals surface area (Å²) in [5.74, 6) is 0. The molecule has 1 unspecified atom stereocenters. The van der Waals surface area contributed by atoms with Crippen molar-refractivity contribution in [3.8, 4) is 11.4 Å². The summed E-state index contributed by atoms with van der Waals surface area (Å²) >= 11 is 0. The summed E-state index contributed by atoms with van der Waals surface area (Å²) in [6.07, 6.45) is 6.06. The second-order valence-corrected chi connectivity index (χ2v) is 6.74. The number of nitrogens with zero attached hydrogens (tertiary/aromatic N) is 3. The molecule has 4 rings (SSSR count). The van der Waals surface area contributed by atoms with Crippen molar-refractivity contribution in [1.82, 2.24) is 14.9 Å². The van der Waals surface area contributed by atoms with E-state index >= 15 is 0 Å². The topological polar surface area (TPSA) is 54.2 Å². The van der Waals surface area contributed by atoms with Gasteiger partial charge in [0.25, 0.3) is 0 Å². The van der Waals surface area contributed by atoms with Crippen molar-refractivity contribution < 1.29 is 0 Å². The second-order valence-electron chi connectivity index (χ2n) is 6.74. The van der Waals surface area contributed by atoms with Crippen molar-refractivity contribution in [1.29, 1.82) is 0 Å². The molecule has 3 aromatic rings. The van der Waals surface area contributed by atoms with Gasteiger partial charge in [-0.3, -0.25) is 9.98 Å². The molecule has 0 amide bonds. The third-order valence-electron chi connectivity index (χ3n) is 5.00. The molecule has 134 valence electrons. The van der Waals surface area contributed by atoms with Crippen LogP contribution < -0.4 is 10.6 Å². The maximum Gasteiger partial charge on any atom is 0.110 e. The maximum atomic E-state index is 4.65. The molecule has 0 spiro atoms. The number of rotatable bonds is 6. The molecule has 5 nitrogen and oxygen atoms in total. The largest absolute Gasteiger partial charge is 0.382 e. The van der Waals surface area contributed by atoms with Crippen molar-refractivity contribution in [2.24, 2.45) is 12.0 Å². The minimum atomic E-state index is 0.556. The highest BCUT2D eigenvalue weighted by Gasteiger charge is 2.13. The van der Waals surface area contributed by atoms with Crippen molar-refractivity contribution >= 4 is 22.8 Å². The summed E-state index contributed by atoms with van der Waals surface area (Å²) in [7, 11) is 2.10. The van der Waals surface area contributed by atoms with E-state index in [2.05, 4.69) is 68.6 Å². The highest BCUT2D eigenvalue weighted by Crippen LogP contribution is 2.30. The van der Waals surface area contributed by atoms with Gasteiger partial charge in [-0.2, -0.15) is 0 Å². The molecule has 2 N–H and O–H groups in total. The number of benzene rings is 1. The van der Waals surface area contributed by atoms with Gasteiger partial charge in [-0.1, -0.05) is 18.2 Å². The third-order valence-corrected chi connectivity index (χ3v) is 5.00. The van der Waals surface area contributed by atoms with Gasteiger partial charge in [-0.25, -0.2) is 0 Å². The Hall–Kier alpha value is -2.66. The van der Waals surface area contributed by atoms with Gasteiger partial charge in [0, 0.05) is 56.0 Å². The van der Waals surface area contributed by atoms with Crippen molar-refractivity contribution in [2.75, 3.05) is 25.0 Å². The Balaban J connectivity index is 1.47. The SMILES string of the molecule is Cn1c(-c2ncccc2NCCNC2CC=NCC2)cc2ccccc21. The summed E-state index contributed by atoms with van der Waals surface area (Å²) in [5, 5.41) is 8.39. The first kappa shape index (κ1) is 16.8. The van der Waals surface area contributed by atoms with E-state index in [1.165, 1.54) is 10.9 Å². The number of nitrogens with one attached hydrogen (secondary N) is 2. The zero-order valence-corrected chi connectivity index (χ0v) is 15.2. The van der Waals surface area contributed by atoms with Crippen LogP contribution in [0.15, 0.2) is 53.7 Å². The highest BCUT2D eigenvalue weighted by atomic mass is 15.0. The molecule has 1 aliphatic rings. The number of para-hydroxylation sites is 1. The average molecular weight is 347 g/mol. The number of anilines is 1. The first-order chi connectivity index (χ1) is 12.8. The molecule has 1 aliphatic heterocycles. The van der Waals surface area contributed by atoms with Crippen molar-refractivity contribution in [3.63, 3.8) is 0 Å². The smallest absolute Gasteiger partial charge is 0.110 e. The Morgan fingerprint density at radius 3 is 2.92 bits per heavy atom. The van der Waals surface area contributed by atoms with E-state index < -0.39 is 0 Å². The number of pyridine rings is 1. The van der Waals surface area contributed by atoms with Crippen LogP contribution in [0.3, 0.4) is 0 Å². The Bertz CT molecular complexity index is 912. The third kappa shape index (κ3) is 3.48. The van der Waals surface area contributed by atoms with E-state index in [1.807, 2.05) is 18.5 Å². The van der Waals surface area contributed by atoms with E-state index in [4.69, 9.17) is 0 Å². The molecule has 0 saturated carbocycles. The van der Waals surface area contributed by atoms with Crippen molar-refractivity contribution in [3.05, 3.63) is 48.7 Å². The van der Waals surface area contributed by atoms with Crippen LogP contribution in [-0.4, -0.2) is 41.4 Å². The lowest BCUT2D eigenvalue weighted by Crippen LogP contribution is -2.35. The zero-order valence-electron chi connectivity index (χ0n) is 15.2. The van der Waals surface area contributed by atoms with E-state index in [1.54, 1.807) is 0 Å². The second kappa shape index (κ2) is 7.70. The number of hydrogen-bond acceptors (Lipinski definition) is 4. The van der Waals surface area contributed by atoms with Crippen LogP contribution in [-0.2, 0) is 7.05 Å². The Kier molecular flexibility index (Phi) is 4.97. The van der Waals surface area contributed by atoms with Crippen LogP contribution in [0.1, 0.15) is 12.8 Å². The molecular weight excluding hydrogens is 322 g/mol. The predicted octanol–water partition coefficient (Wildman–Crippen LogP) is 3.48. The predicted molar refractivity (Wildman–Crippen MR) is 109 cm³/mol. The monoisotopic (exact) mass is 347 g/mol. The van der Waals surface area contributed by atoms with E-state index in [-0.39, 0.29) is 0 Å². The standard InChI is InChI=1S/C21H25N5/c1-26-19-7-3-2-5-16(19)15-20(26)21-18(6-4-10-25-21)24-14-13-23-17-8-11-22-12-9-17/h2-7,10-11,15,17,23-24H,8-9,12-14H2,1H3. The minimum absolute atomic E-state index is 0.556. The van der Waals surface area contributed by atoms with Crippen LogP contribution >= 0.6 is 0 Å². The maximum absolute atomic E-state index is 4.65. The molecule has 26 heavy (non-hydrogen) atoms. The highest BCUT2D eigenvalue weighted by molar-refractivity contribution is 5.88. The number of aromatic nitrogens is 2. The quantitative estimate of drug-likeness (QED) is 0.671. The fourth-order valence-electron chi connectivity index (χ4n) is 3.57. The van der Waals surface area contributed by atoms with Crippen LogP contribution in [0.25, 0.3) is 22.3 Å². The Morgan fingerprint density at radius 1 is 1.15 bits per heavy atom. The van der Waals surface area contributed by atoms with Gasteiger partial charge in [-0.15, -0.1) is 0 Å². The van der Waals surface area contributed by atoms with Gasteiger partial charge in [0.1, 0.15) is 5.69 Å². The normalized spacial score (nSPS) is 16.9. The molecular formula is C21H25N5. The first-order valence-corrected chi connectivity index (χ1v) is 9.28. The fourth-order valence-corrected chi connectivity index (χ4v) is 3.57. The number of fused-ring (bicyclic) bond motifs is 1. The van der Waals surface area contributed by atoms with Gasteiger partial charge in [-0.05, 0) is 37.1 Å². The molecule has 1 atom stereocenters. The summed E-state index contributed by atoms with van der Waals surface area (Å²) in [5.41, 5.74) is 4.42. The van der Waals surface area contributed by atoms with Gasteiger partial charge in [0.2, 0.25) is 0 Å². The van der Waals surface area contributed by atoms with Crippen LogP contribution in [0.4, 0.5) is 5.69 Å². The molecule has 2 aromatic heterocycles. The summed E-state index contributed by atoms with van der Waals surface area (Å²) in [6, 6.07) is 15.3. The Morgan fingerprint density at radius 2 is 2.08 bits per heavy atom. The molecule has 0 bridgehead atoms. The molecule has 5 heteroatoms. The zero-order chi connectivity index (χ0) is 17.8. The van der Waals surface area contributed by atoms with Gasteiger partial charge in [0.15, 0.2) is 0 Å². The van der Waals surface area contributed by atoms with Crippen LogP contribution in [0.5, 0.6) is 0 Å². The molecule has 0 saturated heterocycles. The lowest BCUT2D eigenvalue weighted by Gasteiger charge is -2.19. The molecule has 0 aliphatic carbocycles. The fraction of sp³-hybridized carbons (Fsp3) is 0.333. The number of aryl methyl sites for hydroxylation is 1. The lowest BCUT2D eigenvalue weighted by atomic mass is 10.1. The minimum Gasteiger partial charge on any atom is -0.382 e. The van der Waals surface area contributed by atoms with E-state index in [0.717, 1.165) is 49.6 Å². The molecule has 0 radical (unpaired) electrons. The molecule has 1 aromatic carbocycles. The number of aliphatic imine (C=N–C) groups is 1. The van der Waals surface area contributed by atoms with Gasteiger partial charge in [0.05, 0.1) is 11.4 Å². The summed E-state index contributed by atoms with van der Waals surface area (Å²) in [4.78, 5) is 8.94. The summed E-state index contributed by atoms with van der Waals surface area (Å²) < 4.78 is 2.21. The van der Waals surface area contributed by atoms with Gasteiger partial charge < -0.3 is 15.2 Å². The van der Waals surface area contributed by atoms with Crippen LogP contribution in [0, 0.1) is 0 Å². The Labute approximate surface area is 154 Å². The van der Waals surface area contributed by atoms with Gasteiger partial charge >= 0.3 is 0 Å². The summed E-state index contributed by atoms with van der Waals surface area (Å²) in [6.45, 7) is 2.75. The molecule has 0 fully saturated rings. The van der Waals surface area contributed by atoms with E-state index in [9.17, 15) is 0 Å². The molecule has 3 heterocycles. The first-order valence-electron chi connectivity index (χ1n) is 9.28. The lowest BCUT2D eigenvalue weighted by molar-refractivity contribution is 0.499. The van der Waals surface area contributed by atoms with Crippen LogP contribution in [0.2, 0.25) is 0 Å².